The molecular formula is C13H21N3O2S. The van der Waals surface area contributed by atoms with E-state index in [1.165, 1.54) is 0 Å². The summed E-state index contributed by atoms with van der Waals surface area (Å²) in [7, 11) is 0. The van der Waals surface area contributed by atoms with E-state index in [-0.39, 0.29) is 28.9 Å². The number of carbonyl (C=O) groups is 1. The van der Waals surface area contributed by atoms with Crippen LogP contribution in [0.1, 0.15) is 56.4 Å². The highest BCUT2D eigenvalue weighted by molar-refractivity contribution is 7.08. The Bertz CT molecular complexity index is 490. The summed E-state index contributed by atoms with van der Waals surface area (Å²) in [5, 5.41) is 16.8. The minimum atomic E-state index is -0.348. The van der Waals surface area contributed by atoms with Crippen molar-refractivity contribution in [2.45, 2.75) is 58.6 Å². The van der Waals surface area contributed by atoms with Gasteiger partial charge in [-0.2, -0.15) is 0 Å². The Kier molecular flexibility index (Phi) is 3.43. The van der Waals surface area contributed by atoms with Crippen molar-refractivity contribution >= 4 is 17.4 Å². The van der Waals surface area contributed by atoms with Gasteiger partial charge < -0.3 is 10.4 Å². The maximum Gasteiger partial charge on any atom is 0.265 e. The molecule has 106 valence electrons. The molecule has 0 aromatic carbocycles. The maximum atomic E-state index is 12.3. The highest BCUT2D eigenvalue weighted by Crippen LogP contribution is 2.40. The van der Waals surface area contributed by atoms with Crippen LogP contribution in [0.5, 0.6) is 0 Å². The number of aliphatic hydroxyl groups excluding tert-OH is 1. The van der Waals surface area contributed by atoms with Crippen molar-refractivity contribution in [3.63, 3.8) is 0 Å². The van der Waals surface area contributed by atoms with E-state index < -0.39 is 0 Å². The van der Waals surface area contributed by atoms with Crippen molar-refractivity contribution in [2.24, 2.45) is 5.41 Å². The first-order valence-electron chi connectivity index (χ1n) is 6.46. The van der Waals surface area contributed by atoms with Gasteiger partial charge >= 0.3 is 0 Å². The minimum absolute atomic E-state index is 0.00455. The Balaban J connectivity index is 2.12. The zero-order valence-electron chi connectivity index (χ0n) is 12.0. The quantitative estimate of drug-likeness (QED) is 0.866. The lowest BCUT2D eigenvalue weighted by molar-refractivity contribution is -0.0689. The Morgan fingerprint density at radius 1 is 1.47 bits per heavy atom. The number of hydrogen-bond acceptors (Lipinski definition) is 5. The second-order valence-corrected chi connectivity index (χ2v) is 7.55. The second kappa shape index (κ2) is 4.52. The number of aliphatic hydroxyl groups is 1. The first kappa shape index (κ1) is 14.4. The van der Waals surface area contributed by atoms with Crippen LogP contribution >= 0.6 is 11.5 Å². The number of carbonyl (C=O) groups excluding carboxylic acids is 1. The molecule has 5 nitrogen and oxygen atoms in total. The van der Waals surface area contributed by atoms with Crippen molar-refractivity contribution in [1.29, 1.82) is 0 Å². The zero-order valence-corrected chi connectivity index (χ0v) is 12.8. The van der Waals surface area contributed by atoms with Crippen LogP contribution in [0.25, 0.3) is 0 Å². The number of hydrogen-bond donors (Lipinski definition) is 2. The summed E-state index contributed by atoms with van der Waals surface area (Å²) in [6.45, 7) is 9.95. The molecule has 0 saturated heterocycles. The minimum Gasteiger partial charge on any atom is -0.392 e. The molecule has 1 aliphatic carbocycles. The number of rotatable bonds is 2. The number of aromatic nitrogens is 2. The predicted octanol–water partition coefficient (Wildman–Crippen LogP) is 1.72. The normalized spacial score (nSPS) is 25.8. The summed E-state index contributed by atoms with van der Waals surface area (Å²) in [4.78, 5) is 12.9. The molecule has 2 unspecified atom stereocenters. The zero-order chi connectivity index (χ0) is 14.4. The van der Waals surface area contributed by atoms with E-state index >= 15 is 0 Å². The molecule has 19 heavy (non-hydrogen) atoms. The van der Waals surface area contributed by atoms with Crippen LogP contribution in [0, 0.1) is 5.41 Å². The van der Waals surface area contributed by atoms with Crippen LogP contribution in [0.2, 0.25) is 0 Å². The molecule has 1 aromatic heterocycles. The van der Waals surface area contributed by atoms with Gasteiger partial charge in [-0.15, -0.1) is 5.10 Å². The lowest BCUT2D eigenvalue weighted by Gasteiger charge is -2.49. The van der Waals surface area contributed by atoms with Crippen LogP contribution in [0.3, 0.4) is 0 Å². The molecule has 1 saturated carbocycles. The van der Waals surface area contributed by atoms with Gasteiger partial charge in [0, 0.05) is 16.9 Å². The SMILES string of the molecule is CC(C)(C)c1nnsc1C(=O)NC1CC(O)C1(C)C. The molecule has 2 atom stereocenters. The fourth-order valence-corrected chi connectivity index (χ4v) is 2.98. The van der Waals surface area contributed by atoms with Gasteiger partial charge in [0.05, 0.1) is 11.8 Å². The Labute approximate surface area is 117 Å². The summed E-state index contributed by atoms with van der Waals surface area (Å²) in [6.07, 6.45) is 0.259. The van der Waals surface area contributed by atoms with E-state index in [1.54, 1.807) is 0 Å². The fourth-order valence-electron chi connectivity index (χ4n) is 2.20. The standard InChI is InChI=1S/C13H21N3O2S/c1-12(2,3)10-9(19-16-15-10)11(18)14-7-6-8(17)13(7,4)5/h7-8,17H,6H2,1-5H3,(H,14,18). The van der Waals surface area contributed by atoms with Crippen molar-refractivity contribution in [3.05, 3.63) is 10.6 Å². The van der Waals surface area contributed by atoms with Crippen molar-refractivity contribution < 1.29 is 9.90 Å². The van der Waals surface area contributed by atoms with Crippen LogP contribution in [0.15, 0.2) is 0 Å². The molecule has 0 bridgehead atoms. The summed E-state index contributed by atoms with van der Waals surface area (Å²) < 4.78 is 3.89. The smallest absolute Gasteiger partial charge is 0.265 e. The topological polar surface area (TPSA) is 75.1 Å². The fraction of sp³-hybridized carbons (Fsp3) is 0.769. The van der Waals surface area contributed by atoms with E-state index in [1.807, 2.05) is 34.6 Å². The van der Waals surface area contributed by atoms with Gasteiger partial charge in [-0.1, -0.05) is 39.1 Å². The molecule has 6 heteroatoms. The summed E-state index contributed by atoms with van der Waals surface area (Å²) in [5.74, 6) is -0.134. The van der Waals surface area contributed by atoms with Gasteiger partial charge in [0.1, 0.15) is 4.88 Å². The third-order valence-corrected chi connectivity index (χ3v) is 4.65. The average molecular weight is 283 g/mol. The van der Waals surface area contributed by atoms with Crippen LogP contribution in [-0.2, 0) is 5.41 Å². The molecule has 1 aliphatic rings. The molecule has 1 aromatic rings. The lowest BCUT2D eigenvalue weighted by Crippen LogP contribution is -2.61. The predicted molar refractivity (Wildman–Crippen MR) is 74.3 cm³/mol. The maximum absolute atomic E-state index is 12.3. The molecule has 0 radical (unpaired) electrons. The van der Waals surface area contributed by atoms with Gasteiger partial charge in [-0.05, 0) is 18.0 Å². The third kappa shape index (κ3) is 2.51. The summed E-state index contributed by atoms with van der Waals surface area (Å²) in [6, 6.07) is 0.00455. The van der Waals surface area contributed by atoms with E-state index in [0.29, 0.717) is 11.3 Å². The first-order valence-corrected chi connectivity index (χ1v) is 7.23. The number of nitrogens with one attached hydrogen (secondary N) is 1. The Morgan fingerprint density at radius 2 is 2.11 bits per heavy atom. The van der Waals surface area contributed by atoms with Crippen LogP contribution in [0.4, 0.5) is 0 Å². The van der Waals surface area contributed by atoms with Gasteiger partial charge in [-0.25, -0.2) is 0 Å². The van der Waals surface area contributed by atoms with Crippen molar-refractivity contribution in [3.8, 4) is 0 Å². The van der Waals surface area contributed by atoms with Crippen molar-refractivity contribution in [1.82, 2.24) is 14.9 Å². The molecule has 2 rings (SSSR count). The average Bonchev–Trinajstić information content (AvgIpc) is 2.77. The van der Waals surface area contributed by atoms with Gasteiger partial charge in [0.15, 0.2) is 0 Å². The molecule has 1 amide bonds. The molecule has 0 spiro atoms. The number of nitrogens with zero attached hydrogens (tertiary/aromatic N) is 2. The Morgan fingerprint density at radius 3 is 2.58 bits per heavy atom. The lowest BCUT2D eigenvalue weighted by atomic mass is 9.64. The summed E-state index contributed by atoms with van der Waals surface area (Å²) in [5.41, 5.74) is 0.261. The summed E-state index contributed by atoms with van der Waals surface area (Å²) >= 11 is 1.13. The molecular weight excluding hydrogens is 262 g/mol. The molecule has 0 aliphatic heterocycles. The van der Waals surface area contributed by atoms with E-state index in [4.69, 9.17) is 0 Å². The third-order valence-electron chi connectivity index (χ3n) is 3.93. The first-order chi connectivity index (χ1) is 8.64. The number of amides is 1. The molecule has 2 N–H and O–H groups in total. The van der Waals surface area contributed by atoms with Crippen LogP contribution < -0.4 is 5.32 Å². The molecule has 1 fully saturated rings. The van der Waals surface area contributed by atoms with Gasteiger partial charge in [-0.3, -0.25) is 4.79 Å². The molecule has 1 heterocycles. The monoisotopic (exact) mass is 283 g/mol. The van der Waals surface area contributed by atoms with Gasteiger partial charge in [0.25, 0.3) is 5.91 Å². The second-order valence-electron chi connectivity index (χ2n) is 6.80. The van der Waals surface area contributed by atoms with E-state index in [9.17, 15) is 9.90 Å². The highest BCUT2D eigenvalue weighted by atomic mass is 32.1. The highest BCUT2D eigenvalue weighted by Gasteiger charge is 2.48. The van der Waals surface area contributed by atoms with Crippen LogP contribution in [-0.4, -0.2) is 32.7 Å². The largest absolute Gasteiger partial charge is 0.392 e. The van der Waals surface area contributed by atoms with Gasteiger partial charge in [0.2, 0.25) is 0 Å². The van der Waals surface area contributed by atoms with E-state index in [2.05, 4.69) is 14.9 Å². The Hall–Kier alpha value is -1.01. The van der Waals surface area contributed by atoms with E-state index in [0.717, 1.165) is 17.2 Å². The van der Waals surface area contributed by atoms with Crippen molar-refractivity contribution in [2.75, 3.05) is 0 Å².